The second-order valence-corrected chi connectivity index (χ2v) is 7.69. The van der Waals surface area contributed by atoms with Crippen LogP contribution in [0.25, 0.3) is 5.69 Å². The number of carbonyl (C=O) groups is 1. The highest BCUT2D eigenvalue weighted by Crippen LogP contribution is 2.21. The number of ether oxygens (including phenoxy) is 1. The van der Waals surface area contributed by atoms with Crippen molar-refractivity contribution in [2.45, 2.75) is 20.5 Å². The van der Waals surface area contributed by atoms with Crippen LogP contribution in [-0.2, 0) is 6.61 Å². The van der Waals surface area contributed by atoms with Gasteiger partial charge >= 0.3 is 5.91 Å². The van der Waals surface area contributed by atoms with E-state index < -0.39 is 5.91 Å². The van der Waals surface area contributed by atoms with Crippen molar-refractivity contribution >= 4 is 23.5 Å². The van der Waals surface area contributed by atoms with Crippen LogP contribution in [0.4, 0.5) is 0 Å². The zero-order valence-electron chi connectivity index (χ0n) is 16.7. The Morgan fingerprint density at radius 3 is 2.57 bits per heavy atom. The van der Waals surface area contributed by atoms with Crippen molar-refractivity contribution in [2.75, 3.05) is 0 Å². The molecule has 3 heterocycles. The summed E-state index contributed by atoms with van der Waals surface area (Å²) < 4.78 is 13.5. The van der Waals surface area contributed by atoms with Crippen LogP contribution in [0.5, 0.6) is 5.75 Å². The Morgan fingerprint density at radius 2 is 1.87 bits per heavy atom. The van der Waals surface area contributed by atoms with Gasteiger partial charge in [0.25, 0.3) is 0 Å². The number of hydrazone groups is 1. The van der Waals surface area contributed by atoms with E-state index in [9.17, 15) is 4.79 Å². The summed E-state index contributed by atoms with van der Waals surface area (Å²) in [4.78, 5) is 13.1. The van der Waals surface area contributed by atoms with Crippen LogP contribution in [-0.4, -0.2) is 16.7 Å². The van der Waals surface area contributed by atoms with Crippen molar-refractivity contribution < 1.29 is 13.9 Å². The summed E-state index contributed by atoms with van der Waals surface area (Å²) in [5.41, 5.74) is 5.90. The number of thiophene rings is 1. The summed E-state index contributed by atoms with van der Waals surface area (Å²) in [6.45, 7) is 4.39. The van der Waals surface area contributed by atoms with Gasteiger partial charge < -0.3 is 13.7 Å². The van der Waals surface area contributed by atoms with Gasteiger partial charge in [0.1, 0.15) is 18.1 Å². The Hall–Kier alpha value is -3.58. The lowest BCUT2D eigenvalue weighted by molar-refractivity contribution is 0.0923. The number of carbonyl (C=O) groups excluding carboxylic acids is 1. The normalized spacial score (nSPS) is 11.1. The number of hydrogen-bond donors (Lipinski definition) is 1. The molecule has 1 amide bonds. The standard InChI is InChI=1S/C23H21N3O3S/c1-16-5-6-17(2)26(16)18-7-9-19(10-8-18)28-15-20-11-12-22(29-20)23(27)25-24-14-21-4-3-13-30-21/h3-14H,15H2,1-2H3,(H,25,27)/b24-14+. The molecule has 7 heteroatoms. The molecule has 4 rings (SSSR count). The van der Waals surface area contributed by atoms with Crippen LogP contribution >= 0.6 is 11.3 Å². The molecule has 152 valence electrons. The van der Waals surface area contributed by atoms with E-state index in [1.807, 2.05) is 41.8 Å². The van der Waals surface area contributed by atoms with Crippen molar-refractivity contribution in [3.8, 4) is 11.4 Å². The first-order valence-corrected chi connectivity index (χ1v) is 10.3. The van der Waals surface area contributed by atoms with Crippen LogP contribution in [0.15, 0.2) is 75.6 Å². The molecule has 0 aliphatic rings. The third-order valence-corrected chi connectivity index (χ3v) is 5.34. The number of furan rings is 1. The average molecular weight is 420 g/mol. The Balaban J connectivity index is 1.32. The first-order valence-electron chi connectivity index (χ1n) is 9.44. The number of rotatable bonds is 7. The molecular formula is C23H21N3O3S. The zero-order valence-corrected chi connectivity index (χ0v) is 17.5. The van der Waals surface area contributed by atoms with E-state index in [0.29, 0.717) is 5.76 Å². The highest BCUT2D eigenvalue weighted by molar-refractivity contribution is 7.11. The third kappa shape index (κ3) is 4.52. The molecule has 0 aliphatic heterocycles. The van der Waals surface area contributed by atoms with Crippen LogP contribution in [0.2, 0.25) is 0 Å². The molecule has 3 aromatic heterocycles. The van der Waals surface area contributed by atoms with Gasteiger partial charge in [0.05, 0.1) is 6.21 Å². The average Bonchev–Trinajstić information content (AvgIpc) is 3.49. The molecule has 0 saturated carbocycles. The SMILES string of the molecule is Cc1ccc(C)n1-c1ccc(OCc2ccc(C(=O)N/N=C/c3cccs3)o2)cc1. The smallest absolute Gasteiger partial charge is 0.307 e. The number of benzene rings is 1. The number of hydrogen-bond acceptors (Lipinski definition) is 5. The molecule has 1 aromatic carbocycles. The number of aryl methyl sites for hydroxylation is 2. The third-order valence-electron chi connectivity index (χ3n) is 4.53. The molecule has 1 N–H and O–H groups in total. The highest BCUT2D eigenvalue weighted by Gasteiger charge is 2.11. The summed E-state index contributed by atoms with van der Waals surface area (Å²) in [7, 11) is 0. The fourth-order valence-corrected chi connectivity index (χ4v) is 3.66. The highest BCUT2D eigenvalue weighted by atomic mass is 32.1. The number of nitrogens with one attached hydrogen (secondary N) is 1. The number of amides is 1. The Labute approximate surface area is 178 Å². The minimum atomic E-state index is -0.407. The molecule has 0 bridgehead atoms. The maximum atomic E-state index is 12.1. The minimum absolute atomic E-state index is 0.186. The largest absolute Gasteiger partial charge is 0.486 e. The monoisotopic (exact) mass is 419 g/mol. The lowest BCUT2D eigenvalue weighted by atomic mass is 10.3. The van der Waals surface area contributed by atoms with Crippen molar-refractivity contribution in [3.63, 3.8) is 0 Å². The van der Waals surface area contributed by atoms with Gasteiger partial charge in [-0.2, -0.15) is 5.10 Å². The molecule has 0 aliphatic carbocycles. The first kappa shape index (κ1) is 19.7. The van der Waals surface area contributed by atoms with Crippen molar-refractivity contribution in [1.82, 2.24) is 9.99 Å². The molecular weight excluding hydrogens is 398 g/mol. The van der Waals surface area contributed by atoms with E-state index >= 15 is 0 Å². The molecule has 0 spiro atoms. The minimum Gasteiger partial charge on any atom is -0.486 e. The summed E-state index contributed by atoms with van der Waals surface area (Å²) >= 11 is 1.54. The van der Waals surface area contributed by atoms with Gasteiger partial charge in [-0.1, -0.05) is 6.07 Å². The van der Waals surface area contributed by atoms with Gasteiger partial charge in [-0.3, -0.25) is 4.79 Å². The maximum absolute atomic E-state index is 12.1. The van der Waals surface area contributed by atoms with E-state index in [-0.39, 0.29) is 12.4 Å². The zero-order chi connectivity index (χ0) is 20.9. The summed E-state index contributed by atoms with van der Waals surface area (Å²) in [5.74, 6) is 1.06. The molecule has 0 atom stereocenters. The van der Waals surface area contributed by atoms with Gasteiger partial charge in [0.2, 0.25) is 0 Å². The Morgan fingerprint density at radius 1 is 1.10 bits per heavy atom. The predicted octanol–water partition coefficient (Wildman–Crippen LogP) is 5.09. The van der Waals surface area contributed by atoms with Crippen molar-refractivity contribution in [3.05, 3.63) is 93.8 Å². The fraction of sp³-hybridized carbons (Fsp3) is 0.130. The van der Waals surface area contributed by atoms with E-state index in [1.165, 1.54) is 22.7 Å². The molecule has 0 unspecified atom stereocenters. The molecule has 6 nitrogen and oxygen atoms in total. The van der Waals surface area contributed by atoms with Crippen LogP contribution in [0.1, 0.15) is 32.6 Å². The molecule has 4 aromatic rings. The molecule has 0 radical (unpaired) electrons. The second-order valence-electron chi connectivity index (χ2n) is 6.71. The van der Waals surface area contributed by atoms with E-state index in [2.05, 4.69) is 41.1 Å². The van der Waals surface area contributed by atoms with Gasteiger partial charge in [0, 0.05) is 22.0 Å². The van der Waals surface area contributed by atoms with Crippen LogP contribution in [0.3, 0.4) is 0 Å². The first-order chi connectivity index (χ1) is 14.6. The van der Waals surface area contributed by atoms with E-state index in [1.54, 1.807) is 18.3 Å². The van der Waals surface area contributed by atoms with Gasteiger partial charge in [-0.25, -0.2) is 5.43 Å². The Bertz CT molecular complexity index is 1140. The Kier molecular flexibility index (Phi) is 5.81. The van der Waals surface area contributed by atoms with Gasteiger partial charge in [-0.15, -0.1) is 11.3 Å². The fourth-order valence-electron chi connectivity index (χ4n) is 3.07. The molecule has 0 saturated heterocycles. The second kappa shape index (κ2) is 8.84. The van der Waals surface area contributed by atoms with E-state index in [0.717, 1.165) is 16.3 Å². The predicted molar refractivity (Wildman–Crippen MR) is 118 cm³/mol. The maximum Gasteiger partial charge on any atom is 0.307 e. The topological polar surface area (TPSA) is 68.8 Å². The molecule has 0 fully saturated rings. The lowest BCUT2D eigenvalue weighted by Gasteiger charge is -2.10. The van der Waals surface area contributed by atoms with E-state index in [4.69, 9.17) is 9.15 Å². The van der Waals surface area contributed by atoms with Gasteiger partial charge in [0.15, 0.2) is 5.76 Å². The van der Waals surface area contributed by atoms with Gasteiger partial charge in [-0.05, 0) is 73.8 Å². The van der Waals surface area contributed by atoms with Crippen molar-refractivity contribution in [1.29, 1.82) is 0 Å². The summed E-state index contributed by atoms with van der Waals surface area (Å²) in [5, 5.41) is 5.87. The number of nitrogens with zero attached hydrogens (tertiary/aromatic N) is 2. The summed E-state index contributed by atoms with van der Waals surface area (Å²) in [6.07, 6.45) is 1.59. The number of aromatic nitrogens is 1. The lowest BCUT2D eigenvalue weighted by Crippen LogP contribution is -2.16. The van der Waals surface area contributed by atoms with Crippen molar-refractivity contribution in [2.24, 2.45) is 5.10 Å². The molecule has 30 heavy (non-hydrogen) atoms. The van der Waals surface area contributed by atoms with Crippen LogP contribution in [0, 0.1) is 13.8 Å². The van der Waals surface area contributed by atoms with Crippen LogP contribution < -0.4 is 10.2 Å². The summed E-state index contributed by atoms with van der Waals surface area (Å²) in [6, 6.07) is 19.2. The quantitative estimate of drug-likeness (QED) is 0.335.